The topological polar surface area (TPSA) is 106 Å². The number of carbonyl (C=O) groups is 1. The van der Waals surface area contributed by atoms with Crippen molar-refractivity contribution in [3.63, 3.8) is 0 Å². The van der Waals surface area contributed by atoms with Crippen molar-refractivity contribution in [3.8, 4) is 16.9 Å². The number of rotatable bonds is 8. The summed E-state index contributed by atoms with van der Waals surface area (Å²) < 4.78 is 43.8. The summed E-state index contributed by atoms with van der Waals surface area (Å²) >= 11 is 0. The molecule has 0 radical (unpaired) electrons. The van der Waals surface area contributed by atoms with Crippen molar-refractivity contribution < 1.29 is 18.0 Å². The number of aryl methyl sites for hydroxylation is 2. The monoisotopic (exact) mass is 527 g/mol. The number of hydrogen-bond donors (Lipinski definition) is 2. The van der Waals surface area contributed by atoms with Crippen LogP contribution in [0.2, 0.25) is 0 Å². The number of amides is 1. The van der Waals surface area contributed by atoms with E-state index in [9.17, 15) is 18.0 Å². The number of nitrogens with one attached hydrogen (secondary N) is 2. The molecule has 200 valence electrons. The molecule has 0 aliphatic rings. The van der Waals surface area contributed by atoms with Gasteiger partial charge in [0.05, 0.1) is 34.9 Å². The second kappa shape index (κ2) is 10.6. The van der Waals surface area contributed by atoms with E-state index in [0.29, 0.717) is 30.2 Å². The van der Waals surface area contributed by atoms with E-state index in [1.54, 1.807) is 30.1 Å². The van der Waals surface area contributed by atoms with Crippen LogP contribution in [0.5, 0.6) is 0 Å². The molecule has 0 aliphatic carbocycles. The number of benzene rings is 1. The summed E-state index contributed by atoms with van der Waals surface area (Å²) in [4.78, 5) is 19.2. The van der Waals surface area contributed by atoms with Crippen molar-refractivity contribution in [1.82, 2.24) is 34.7 Å². The Morgan fingerprint density at radius 3 is 2.47 bits per heavy atom. The summed E-state index contributed by atoms with van der Waals surface area (Å²) in [6, 6.07) is 4.95. The van der Waals surface area contributed by atoms with Gasteiger partial charge in [-0.2, -0.15) is 18.3 Å². The van der Waals surface area contributed by atoms with E-state index < -0.39 is 17.6 Å². The maximum atomic E-state index is 13.5. The zero-order chi connectivity index (χ0) is 27.6. The molecule has 1 amide bonds. The molecule has 0 spiro atoms. The predicted molar refractivity (Wildman–Crippen MR) is 137 cm³/mol. The van der Waals surface area contributed by atoms with Gasteiger partial charge in [0.1, 0.15) is 5.69 Å². The largest absolute Gasteiger partial charge is 0.416 e. The van der Waals surface area contributed by atoms with Crippen molar-refractivity contribution in [2.24, 2.45) is 7.05 Å². The van der Waals surface area contributed by atoms with Crippen LogP contribution in [0.25, 0.3) is 16.9 Å². The maximum Gasteiger partial charge on any atom is 0.416 e. The minimum atomic E-state index is -4.57. The minimum absolute atomic E-state index is 0.00870. The molecule has 0 aliphatic heterocycles. The Kier molecular flexibility index (Phi) is 7.49. The van der Waals surface area contributed by atoms with Gasteiger partial charge in [-0.25, -0.2) is 4.68 Å². The van der Waals surface area contributed by atoms with Gasteiger partial charge in [-0.3, -0.25) is 14.5 Å². The molecule has 13 heteroatoms. The number of halogens is 3. The van der Waals surface area contributed by atoms with Crippen LogP contribution in [-0.2, 0) is 13.2 Å². The molecule has 3 aromatic heterocycles. The number of aromatic nitrogens is 6. The first kappa shape index (κ1) is 26.8. The molecule has 3 heterocycles. The van der Waals surface area contributed by atoms with Gasteiger partial charge in [0.2, 0.25) is 0 Å². The Morgan fingerprint density at radius 1 is 1.08 bits per heavy atom. The molecular weight excluding hydrogens is 499 g/mol. The van der Waals surface area contributed by atoms with Crippen molar-refractivity contribution in [2.75, 3.05) is 37.8 Å². The third-order valence-corrected chi connectivity index (χ3v) is 5.98. The highest BCUT2D eigenvalue weighted by Gasteiger charge is 2.31. The minimum Gasteiger partial charge on any atom is -0.384 e. The molecule has 0 saturated heterocycles. The highest BCUT2D eigenvalue weighted by atomic mass is 19.4. The van der Waals surface area contributed by atoms with Crippen LogP contribution in [0.4, 0.5) is 24.5 Å². The number of nitrogens with zero attached hydrogens (tertiary/aromatic N) is 7. The van der Waals surface area contributed by atoms with Gasteiger partial charge in [-0.05, 0) is 52.2 Å². The number of hydrogen-bond acceptors (Lipinski definition) is 7. The number of anilines is 2. The van der Waals surface area contributed by atoms with Crippen LogP contribution in [0.3, 0.4) is 0 Å². The van der Waals surface area contributed by atoms with Gasteiger partial charge in [-0.15, -0.1) is 5.10 Å². The molecule has 38 heavy (non-hydrogen) atoms. The summed E-state index contributed by atoms with van der Waals surface area (Å²) in [6.07, 6.45) is 0.182. The van der Waals surface area contributed by atoms with Crippen LogP contribution >= 0.6 is 0 Å². The number of carbonyl (C=O) groups excluding carboxylic acids is 1. The van der Waals surface area contributed by atoms with E-state index in [4.69, 9.17) is 0 Å². The summed E-state index contributed by atoms with van der Waals surface area (Å²) in [5.74, 6) is -0.610. The number of pyridine rings is 1. The van der Waals surface area contributed by atoms with E-state index >= 15 is 0 Å². The first-order valence-electron chi connectivity index (χ1n) is 11.7. The van der Waals surface area contributed by atoms with Gasteiger partial charge < -0.3 is 15.5 Å². The van der Waals surface area contributed by atoms with Crippen LogP contribution in [0, 0.1) is 13.8 Å². The van der Waals surface area contributed by atoms with Gasteiger partial charge in [-0.1, -0.05) is 5.21 Å². The molecule has 0 atom stereocenters. The summed E-state index contributed by atoms with van der Waals surface area (Å²) in [7, 11) is 5.55. The van der Waals surface area contributed by atoms with Gasteiger partial charge >= 0.3 is 6.18 Å². The third-order valence-electron chi connectivity index (χ3n) is 5.98. The molecule has 1 aromatic carbocycles. The highest BCUT2D eigenvalue weighted by molar-refractivity contribution is 6.04. The van der Waals surface area contributed by atoms with E-state index in [-0.39, 0.29) is 16.9 Å². The predicted octanol–water partition coefficient (Wildman–Crippen LogP) is 3.92. The second-order valence-corrected chi connectivity index (χ2v) is 9.13. The number of likely N-dealkylation sites (N-methyl/N-ethyl adjacent to an activating group) is 1. The molecule has 4 rings (SSSR count). The summed E-state index contributed by atoms with van der Waals surface area (Å²) in [5, 5.41) is 18.1. The lowest BCUT2D eigenvalue weighted by Gasteiger charge is -2.16. The smallest absolute Gasteiger partial charge is 0.384 e. The zero-order valence-corrected chi connectivity index (χ0v) is 21.6. The van der Waals surface area contributed by atoms with Gasteiger partial charge in [0.25, 0.3) is 5.91 Å². The van der Waals surface area contributed by atoms with E-state index in [1.165, 1.54) is 16.9 Å². The summed E-state index contributed by atoms with van der Waals surface area (Å²) in [6.45, 7) is 4.73. The maximum absolute atomic E-state index is 13.5. The lowest BCUT2D eigenvalue weighted by Crippen LogP contribution is -2.21. The Bertz CT molecular complexity index is 1460. The van der Waals surface area contributed by atoms with E-state index in [0.717, 1.165) is 23.4 Å². The molecular formula is C25H28F3N9O. The summed E-state index contributed by atoms with van der Waals surface area (Å²) in [5.41, 5.74) is 2.97. The van der Waals surface area contributed by atoms with Crippen LogP contribution < -0.4 is 10.6 Å². The van der Waals surface area contributed by atoms with Crippen LogP contribution in [-0.4, -0.2) is 67.8 Å². The molecule has 2 N–H and O–H groups in total. The average molecular weight is 528 g/mol. The fraction of sp³-hybridized carbons (Fsp3) is 0.320. The van der Waals surface area contributed by atoms with Crippen molar-refractivity contribution in [3.05, 3.63) is 65.4 Å². The standard InChI is InChI=1S/C25H28F3N9O/c1-15-23(37-14-22(33-34-37)21-13-31-36(5)16(21)2)8-17(12-30-15)24(38)32-20-10-18(25(26,27)28)9-19(11-20)29-6-7-35(3)4/h8-14,29H,6-7H2,1-5H3,(H,32,38). The first-order valence-corrected chi connectivity index (χ1v) is 11.7. The SMILES string of the molecule is Cc1ncc(C(=O)Nc2cc(NCCN(C)C)cc(C(F)(F)F)c2)cc1-n1cc(-c2cnn(C)c2C)nn1. The third kappa shape index (κ3) is 5.99. The molecule has 0 saturated carbocycles. The van der Waals surface area contributed by atoms with Crippen LogP contribution in [0.1, 0.15) is 27.3 Å². The quantitative estimate of drug-likeness (QED) is 0.358. The lowest BCUT2D eigenvalue weighted by atomic mass is 10.1. The van der Waals surface area contributed by atoms with Crippen molar-refractivity contribution >= 4 is 17.3 Å². The normalized spacial score (nSPS) is 11.7. The fourth-order valence-electron chi connectivity index (χ4n) is 3.73. The molecule has 0 bridgehead atoms. The molecule has 10 nitrogen and oxygen atoms in total. The van der Waals surface area contributed by atoms with Crippen molar-refractivity contribution in [1.29, 1.82) is 0 Å². The first-order chi connectivity index (χ1) is 17.9. The number of alkyl halides is 3. The van der Waals surface area contributed by atoms with Crippen molar-refractivity contribution in [2.45, 2.75) is 20.0 Å². The van der Waals surface area contributed by atoms with Gasteiger partial charge in [0, 0.05) is 49.0 Å². The Balaban J connectivity index is 1.59. The Morgan fingerprint density at radius 2 is 1.82 bits per heavy atom. The molecule has 0 unspecified atom stereocenters. The zero-order valence-electron chi connectivity index (χ0n) is 21.6. The van der Waals surface area contributed by atoms with Gasteiger partial charge in [0.15, 0.2) is 0 Å². The lowest BCUT2D eigenvalue weighted by molar-refractivity contribution is -0.137. The highest BCUT2D eigenvalue weighted by Crippen LogP contribution is 2.33. The van der Waals surface area contributed by atoms with Crippen LogP contribution in [0.15, 0.2) is 42.9 Å². The Hall–Kier alpha value is -4.26. The fourth-order valence-corrected chi connectivity index (χ4v) is 3.73. The average Bonchev–Trinajstić information content (AvgIpc) is 3.45. The van der Waals surface area contributed by atoms with E-state index in [1.807, 2.05) is 33.0 Å². The molecule has 4 aromatic rings. The Labute approximate surface area is 217 Å². The molecule has 0 fully saturated rings. The van der Waals surface area contributed by atoms with E-state index in [2.05, 4.69) is 31.0 Å². The second-order valence-electron chi connectivity index (χ2n) is 9.13.